The van der Waals surface area contributed by atoms with Crippen molar-refractivity contribution >= 4 is 5.91 Å². The van der Waals surface area contributed by atoms with Gasteiger partial charge in [-0.1, -0.05) is 30.3 Å². The van der Waals surface area contributed by atoms with Gasteiger partial charge in [-0.2, -0.15) is 5.26 Å². The van der Waals surface area contributed by atoms with Crippen LogP contribution in [0.5, 0.6) is 0 Å². The zero-order valence-electron chi connectivity index (χ0n) is 15.8. The minimum Gasteiger partial charge on any atom is -0.443 e. The maximum atomic E-state index is 13.1. The van der Waals surface area contributed by atoms with E-state index in [4.69, 9.17) is 4.42 Å². The van der Waals surface area contributed by atoms with Gasteiger partial charge in [0.05, 0.1) is 0 Å². The van der Waals surface area contributed by atoms with Gasteiger partial charge in [0, 0.05) is 45.1 Å². The van der Waals surface area contributed by atoms with Gasteiger partial charge in [0.2, 0.25) is 5.88 Å². The largest absolute Gasteiger partial charge is 0.443 e. The molecule has 0 spiro atoms. The van der Waals surface area contributed by atoms with Gasteiger partial charge in [-0.15, -0.1) is 0 Å². The third-order valence-corrected chi connectivity index (χ3v) is 5.14. The maximum absolute atomic E-state index is 13.1. The van der Waals surface area contributed by atoms with E-state index in [-0.39, 0.29) is 5.91 Å². The maximum Gasteiger partial charge on any atom is 0.258 e. The highest BCUT2D eigenvalue weighted by Crippen LogP contribution is 2.27. The number of carbonyl (C=O) groups excluding carboxylic acids is 1. The molecule has 2 aromatic heterocycles. The summed E-state index contributed by atoms with van der Waals surface area (Å²) >= 11 is 0. The first-order chi connectivity index (χ1) is 13.7. The molecule has 1 saturated heterocycles. The lowest BCUT2D eigenvalue weighted by Crippen LogP contribution is -2.48. The van der Waals surface area contributed by atoms with Crippen molar-refractivity contribution in [2.45, 2.75) is 13.5 Å². The minimum absolute atomic E-state index is 0.129. The van der Waals surface area contributed by atoms with Gasteiger partial charge in [0.1, 0.15) is 23.0 Å². The van der Waals surface area contributed by atoms with Gasteiger partial charge in [0.25, 0.3) is 5.91 Å². The number of aromatic nitrogens is 1. The molecule has 0 radical (unpaired) electrons. The molecule has 6 heteroatoms. The predicted octanol–water partition coefficient (Wildman–Crippen LogP) is 3.21. The Bertz CT molecular complexity index is 991. The van der Waals surface area contributed by atoms with Gasteiger partial charge in [-0.25, -0.2) is 0 Å². The molecule has 0 bridgehead atoms. The van der Waals surface area contributed by atoms with Crippen LogP contribution in [0.3, 0.4) is 0 Å². The number of amides is 1. The molecule has 0 saturated carbocycles. The monoisotopic (exact) mass is 374 g/mol. The topological polar surface area (TPSA) is 65.4 Å². The minimum atomic E-state index is -0.129. The third kappa shape index (κ3) is 3.45. The van der Waals surface area contributed by atoms with Crippen molar-refractivity contribution in [2.24, 2.45) is 0 Å². The number of hydrogen-bond donors (Lipinski definition) is 0. The van der Waals surface area contributed by atoms with Crippen LogP contribution >= 0.6 is 0 Å². The van der Waals surface area contributed by atoms with Crippen molar-refractivity contribution in [3.63, 3.8) is 0 Å². The zero-order chi connectivity index (χ0) is 19.5. The van der Waals surface area contributed by atoms with Crippen LogP contribution in [0.15, 0.2) is 59.3 Å². The first kappa shape index (κ1) is 18.1. The number of benzene rings is 1. The molecule has 3 aromatic rings. The molecule has 1 aromatic carbocycles. The summed E-state index contributed by atoms with van der Waals surface area (Å²) in [7, 11) is 0. The molecule has 28 heavy (non-hydrogen) atoms. The molecule has 4 rings (SSSR count). The zero-order valence-corrected chi connectivity index (χ0v) is 15.8. The first-order valence-corrected chi connectivity index (χ1v) is 9.39. The first-order valence-electron chi connectivity index (χ1n) is 9.39. The van der Waals surface area contributed by atoms with Gasteiger partial charge in [-0.3, -0.25) is 14.3 Å². The van der Waals surface area contributed by atoms with E-state index in [0.29, 0.717) is 35.9 Å². The fourth-order valence-corrected chi connectivity index (χ4v) is 3.65. The number of rotatable bonds is 4. The van der Waals surface area contributed by atoms with Crippen molar-refractivity contribution in [1.29, 1.82) is 5.26 Å². The number of furan rings is 1. The van der Waals surface area contributed by atoms with Crippen molar-refractivity contribution in [2.75, 3.05) is 26.2 Å². The third-order valence-electron chi connectivity index (χ3n) is 5.14. The molecule has 3 heterocycles. The average molecular weight is 374 g/mol. The number of hydrogen-bond acceptors (Lipinski definition) is 4. The van der Waals surface area contributed by atoms with E-state index in [1.807, 2.05) is 35.2 Å². The number of aryl methyl sites for hydroxylation is 1. The normalized spacial score (nSPS) is 14.8. The molecule has 6 nitrogen and oxygen atoms in total. The molecule has 1 aliphatic heterocycles. The molecule has 1 aliphatic rings. The molecule has 0 aliphatic carbocycles. The molecular weight excluding hydrogens is 352 g/mol. The quantitative estimate of drug-likeness (QED) is 0.703. The van der Waals surface area contributed by atoms with Crippen LogP contribution in [-0.4, -0.2) is 46.5 Å². The lowest BCUT2D eigenvalue weighted by atomic mass is 10.1. The molecule has 1 amide bonds. The van der Waals surface area contributed by atoms with Crippen molar-refractivity contribution in [3.05, 3.63) is 77.3 Å². The smallest absolute Gasteiger partial charge is 0.258 e. The molecular formula is C22H22N4O2. The van der Waals surface area contributed by atoms with Gasteiger partial charge in [-0.05, 0) is 24.6 Å². The summed E-state index contributed by atoms with van der Waals surface area (Å²) in [4.78, 5) is 17.3. The van der Waals surface area contributed by atoms with Crippen LogP contribution in [0.2, 0.25) is 0 Å². The fraction of sp³-hybridized carbons (Fsp3) is 0.273. The van der Waals surface area contributed by atoms with Crippen LogP contribution in [0.25, 0.3) is 5.88 Å². The Labute approximate surface area is 164 Å². The number of nitriles is 1. The second-order valence-corrected chi connectivity index (χ2v) is 6.97. The van der Waals surface area contributed by atoms with Crippen molar-refractivity contribution in [1.82, 2.24) is 14.4 Å². The van der Waals surface area contributed by atoms with E-state index in [2.05, 4.69) is 23.1 Å². The Morgan fingerprint density at radius 1 is 1.07 bits per heavy atom. The Morgan fingerprint density at radius 3 is 2.39 bits per heavy atom. The van der Waals surface area contributed by atoms with E-state index in [1.54, 1.807) is 23.9 Å². The van der Waals surface area contributed by atoms with Gasteiger partial charge < -0.3 is 9.32 Å². The highest BCUT2D eigenvalue weighted by atomic mass is 16.4. The summed E-state index contributed by atoms with van der Waals surface area (Å²) in [6.45, 7) is 5.52. The lowest BCUT2D eigenvalue weighted by Gasteiger charge is -2.34. The highest BCUT2D eigenvalue weighted by Gasteiger charge is 2.30. The van der Waals surface area contributed by atoms with Crippen molar-refractivity contribution in [3.8, 4) is 12.0 Å². The lowest BCUT2D eigenvalue weighted by molar-refractivity contribution is 0.0626. The second kappa shape index (κ2) is 7.75. The Kier molecular flexibility index (Phi) is 5.00. The van der Waals surface area contributed by atoms with E-state index < -0.39 is 0 Å². The van der Waals surface area contributed by atoms with Gasteiger partial charge in [0.15, 0.2) is 0 Å². The van der Waals surface area contributed by atoms with E-state index in [1.165, 1.54) is 5.56 Å². The molecule has 1 fully saturated rings. The van der Waals surface area contributed by atoms with Crippen LogP contribution in [-0.2, 0) is 6.54 Å². The van der Waals surface area contributed by atoms with Crippen LogP contribution in [0.4, 0.5) is 0 Å². The van der Waals surface area contributed by atoms with E-state index >= 15 is 0 Å². The summed E-state index contributed by atoms with van der Waals surface area (Å²) in [5.74, 6) is 0.753. The molecule has 0 unspecified atom stereocenters. The summed E-state index contributed by atoms with van der Waals surface area (Å²) in [5, 5.41) is 9.66. The van der Waals surface area contributed by atoms with Crippen LogP contribution in [0, 0.1) is 18.3 Å². The van der Waals surface area contributed by atoms with Crippen LogP contribution in [0.1, 0.15) is 27.2 Å². The molecule has 0 atom stereocenters. The highest BCUT2D eigenvalue weighted by molar-refractivity contribution is 5.98. The van der Waals surface area contributed by atoms with Gasteiger partial charge >= 0.3 is 0 Å². The second-order valence-electron chi connectivity index (χ2n) is 6.97. The Hall–Kier alpha value is -3.30. The van der Waals surface area contributed by atoms with Crippen LogP contribution < -0.4 is 0 Å². The number of carbonyl (C=O) groups is 1. The van der Waals surface area contributed by atoms with E-state index in [0.717, 1.165) is 19.6 Å². The predicted molar refractivity (Wildman–Crippen MR) is 105 cm³/mol. The SMILES string of the molecule is Cc1oc(-n2cccc2)c(C#N)c1C(=O)N1CCN(Cc2ccccc2)CC1. The molecule has 142 valence electrons. The number of nitrogens with zero attached hydrogens (tertiary/aromatic N) is 4. The van der Waals surface area contributed by atoms with Crippen molar-refractivity contribution < 1.29 is 9.21 Å². The standard InChI is InChI=1S/C22H22N4O2/c1-17-20(19(15-23)22(28-17)26-9-5-6-10-26)21(27)25-13-11-24(12-14-25)16-18-7-3-2-4-8-18/h2-10H,11-14,16H2,1H3. The molecule has 0 N–H and O–H groups in total. The number of piperazine rings is 1. The Balaban J connectivity index is 1.48. The summed E-state index contributed by atoms with van der Waals surface area (Å²) < 4.78 is 7.50. The Morgan fingerprint density at radius 2 is 1.75 bits per heavy atom. The average Bonchev–Trinajstić information content (AvgIpc) is 3.36. The summed E-state index contributed by atoms with van der Waals surface area (Å²) in [6, 6.07) is 16.2. The van der Waals surface area contributed by atoms with E-state index in [9.17, 15) is 10.1 Å². The summed E-state index contributed by atoms with van der Waals surface area (Å²) in [5.41, 5.74) is 1.95. The fourth-order valence-electron chi connectivity index (χ4n) is 3.65. The summed E-state index contributed by atoms with van der Waals surface area (Å²) in [6.07, 6.45) is 3.60.